The van der Waals surface area contributed by atoms with E-state index in [0.717, 1.165) is 0 Å². The molecule has 3 atom stereocenters. The number of nitrogens with zero attached hydrogens (tertiary/aromatic N) is 3. The Morgan fingerprint density at radius 2 is 2.10 bits per heavy atom. The van der Waals surface area contributed by atoms with Gasteiger partial charge in [0.05, 0.1) is 21.0 Å². The summed E-state index contributed by atoms with van der Waals surface area (Å²) in [5.74, 6) is -1.64. The molecule has 0 saturated heterocycles. The standard InChI is InChI=1S/C22H21ClF2N4OS/c1-11(2)18(30)22-8-17(22)21(3,29-20(26)31-22)14-6-12(9-28-19(14)25)7-15(24)16-5-4-13(23)10-27-16/h4-7,9-11,17H,8H2,1-3H3,(H2,26,29)/b15-7+/t17-,21+,22-/m0/s1. The average Bonchev–Trinajstić information content (AvgIpc) is 3.45. The number of hydrogen-bond donors (Lipinski definition) is 1. The smallest absolute Gasteiger partial charge is 0.218 e. The maximum atomic E-state index is 14.9. The molecule has 0 amide bonds. The number of carbonyl (C=O) groups is 1. The highest BCUT2D eigenvalue weighted by Crippen LogP contribution is 2.66. The fourth-order valence-corrected chi connectivity index (χ4v) is 5.90. The lowest BCUT2D eigenvalue weighted by molar-refractivity contribution is -0.122. The zero-order valence-corrected chi connectivity index (χ0v) is 18.8. The summed E-state index contributed by atoms with van der Waals surface area (Å²) in [5, 5.41) is 0.631. The maximum absolute atomic E-state index is 14.9. The molecule has 1 aliphatic carbocycles. The van der Waals surface area contributed by atoms with Crippen molar-refractivity contribution in [1.82, 2.24) is 9.97 Å². The lowest BCUT2D eigenvalue weighted by Crippen LogP contribution is -2.40. The fraction of sp³-hybridized carbons (Fsp3) is 0.364. The molecule has 3 heterocycles. The predicted octanol–water partition coefficient (Wildman–Crippen LogP) is 5.00. The Hall–Kier alpha value is -2.32. The first-order valence-corrected chi connectivity index (χ1v) is 11.0. The molecule has 0 spiro atoms. The summed E-state index contributed by atoms with van der Waals surface area (Å²) >= 11 is 7.05. The Morgan fingerprint density at radius 1 is 1.35 bits per heavy atom. The third-order valence-corrected chi connectivity index (χ3v) is 7.37. The molecule has 5 nitrogen and oxygen atoms in total. The summed E-state index contributed by atoms with van der Waals surface area (Å²) in [5.41, 5.74) is 5.63. The number of amidine groups is 1. The molecule has 31 heavy (non-hydrogen) atoms. The van der Waals surface area contributed by atoms with Gasteiger partial charge in [0.25, 0.3) is 0 Å². The Bertz CT molecular complexity index is 1120. The van der Waals surface area contributed by atoms with E-state index in [0.29, 0.717) is 17.0 Å². The number of pyridine rings is 2. The number of fused-ring (bicyclic) bond motifs is 1. The summed E-state index contributed by atoms with van der Waals surface area (Å²) in [4.78, 5) is 25.2. The highest BCUT2D eigenvalue weighted by atomic mass is 35.5. The second kappa shape index (κ2) is 7.67. The van der Waals surface area contributed by atoms with Crippen LogP contribution in [0.5, 0.6) is 0 Å². The van der Waals surface area contributed by atoms with E-state index in [1.54, 1.807) is 6.92 Å². The van der Waals surface area contributed by atoms with Gasteiger partial charge in [-0.25, -0.2) is 9.37 Å². The number of rotatable bonds is 5. The van der Waals surface area contributed by atoms with Gasteiger partial charge in [-0.15, -0.1) is 0 Å². The zero-order chi connectivity index (χ0) is 22.6. The monoisotopic (exact) mass is 462 g/mol. The van der Waals surface area contributed by atoms with Crippen LogP contribution >= 0.6 is 23.4 Å². The number of nitrogens with two attached hydrogens (primary N) is 1. The predicted molar refractivity (Wildman–Crippen MR) is 120 cm³/mol. The summed E-state index contributed by atoms with van der Waals surface area (Å²) < 4.78 is 28.8. The van der Waals surface area contributed by atoms with Gasteiger partial charge in [-0.1, -0.05) is 37.2 Å². The van der Waals surface area contributed by atoms with E-state index >= 15 is 0 Å². The van der Waals surface area contributed by atoms with E-state index in [1.807, 2.05) is 13.8 Å². The van der Waals surface area contributed by atoms with Gasteiger partial charge in [-0.05, 0) is 43.2 Å². The molecule has 1 fully saturated rings. The van der Waals surface area contributed by atoms with Gasteiger partial charge in [0.15, 0.2) is 11.0 Å². The van der Waals surface area contributed by atoms with E-state index in [1.165, 1.54) is 48.4 Å². The molecule has 0 bridgehead atoms. The molecule has 0 radical (unpaired) electrons. The highest BCUT2D eigenvalue weighted by molar-refractivity contribution is 8.15. The molecular formula is C22H21ClF2N4OS. The van der Waals surface area contributed by atoms with Crippen LogP contribution in [0.3, 0.4) is 0 Å². The number of ketones is 1. The minimum Gasteiger partial charge on any atom is -0.378 e. The van der Waals surface area contributed by atoms with Gasteiger partial charge in [0.1, 0.15) is 5.83 Å². The van der Waals surface area contributed by atoms with E-state index in [2.05, 4.69) is 15.0 Å². The number of carbonyl (C=O) groups excluding carboxylic acids is 1. The Labute approximate surface area is 188 Å². The van der Waals surface area contributed by atoms with Crippen LogP contribution in [0.15, 0.2) is 35.6 Å². The topological polar surface area (TPSA) is 81.2 Å². The Kier molecular flexibility index (Phi) is 5.42. The van der Waals surface area contributed by atoms with Gasteiger partial charge in [0.2, 0.25) is 5.95 Å². The molecule has 0 aromatic carbocycles. The molecule has 2 aliphatic rings. The lowest BCUT2D eigenvalue weighted by Gasteiger charge is -2.34. The van der Waals surface area contributed by atoms with Crippen LogP contribution in [-0.2, 0) is 10.3 Å². The molecule has 1 saturated carbocycles. The molecule has 162 valence electrons. The summed E-state index contributed by atoms with van der Waals surface area (Å²) in [6.07, 6.45) is 4.36. The Morgan fingerprint density at radius 3 is 2.74 bits per heavy atom. The van der Waals surface area contributed by atoms with E-state index in [-0.39, 0.29) is 34.0 Å². The summed E-state index contributed by atoms with van der Waals surface area (Å²) in [7, 11) is 0. The number of thioether (sulfide) groups is 1. The van der Waals surface area contributed by atoms with Crippen molar-refractivity contribution in [2.24, 2.45) is 22.6 Å². The second-order valence-corrected chi connectivity index (χ2v) is 10.1. The zero-order valence-electron chi connectivity index (χ0n) is 17.2. The van der Waals surface area contributed by atoms with Gasteiger partial charge in [0, 0.05) is 29.8 Å². The molecular weight excluding hydrogens is 442 g/mol. The van der Waals surface area contributed by atoms with Crippen LogP contribution in [0, 0.1) is 17.8 Å². The van der Waals surface area contributed by atoms with Gasteiger partial charge >= 0.3 is 0 Å². The summed E-state index contributed by atoms with van der Waals surface area (Å²) in [6, 6.07) is 4.49. The largest absolute Gasteiger partial charge is 0.378 e. The number of aromatic nitrogens is 2. The first-order chi connectivity index (χ1) is 14.6. The van der Waals surface area contributed by atoms with Gasteiger partial charge in [-0.2, -0.15) is 4.39 Å². The van der Waals surface area contributed by atoms with Gasteiger partial charge in [-0.3, -0.25) is 14.8 Å². The van der Waals surface area contributed by atoms with Crippen LogP contribution in [0.25, 0.3) is 11.9 Å². The van der Waals surface area contributed by atoms with Crippen molar-refractivity contribution in [1.29, 1.82) is 0 Å². The minimum atomic E-state index is -1.07. The van der Waals surface area contributed by atoms with Crippen molar-refractivity contribution in [3.8, 4) is 0 Å². The third kappa shape index (κ3) is 3.76. The van der Waals surface area contributed by atoms with Crippen molar-refractivity contribution in [2.45, 2.75) is 37.5 Å². The summed E-state index contributed by atoms with van der Waals surface area (Å²) in [6.45, 7) is 5.44. The first kappa shape index (κ1) is 21.9. The molecule has 4 rings (SSSR count). The molecule has 0 unspecified atom stereocenters. The van der Waals surface area contributed by atoms with E-state index in [9.17, 15) is 13.6 Å². The number of hydrogen-bond acceptors (Lipinski definition) is 6. The van der Waals surface area contributed by atoms with Crippen LogP contribution < -0.4 is 5.73 Å². The SMILES string of the molecule is CC(C)C(=O)[C@]12C[C@H]1[C@@](C)(c1cc(/C=C(/F)c3ccc(Cl)cn3)cnc1F)N=C(N)S2. The third-order valence-electron chi connectivity index (χ3n) is 5.83. The van der Waals surface area contributed by atoms with E-state index < -0.39 is 22.1 Å². The number of halogens is 3. The molecule has 2 aromatic rings. The molecule has 1 aliphatic heterocycles. The van der Waals surface area contributed by atoms with Crippen LogP contribution in [0.4, 0.5) is 8.78 Å². The molecule has 2 aromatic heterocycles. The highest BCUT2D eigenvalue weighted by Gasteiger charge is 2.70. The molecule has 9 heteroatoms. The van der Waals surface area contributed by atoms with Crippen LogP contribution in [-0.4, -0.2) is 25.7 Å². The molecule has 2 N–H and O–H groups in total. The van der Waals surface area contributed by atoms with E-state index in [4.69, 9.17) is 17.3 Å². The maximum Gasteiger partial charge on any atom is 0.218 e. The Balaban J connectivity index is 1.73. The number of Topliss-reactive ketones (excluding diaryl/α,β-unsaturated/α-hetero) is 1. The van der Waals surface area contributed by atoms with Crippen LogP contribution in [0.2, 0.25) is 5.02 Å². The average molecular weight is 463 g/mol. The quantitative estimate of drug-likeness (QED) is 0.632. The number of aliphatic imine (C=N–C) groups is 1. The van der Waals surface area contributed by atoms with Crippen molar-refractivity contribution < 1.29 is 13.6 Å². The van der Waals surface area contributed by atoms with Crippen molar-refractivity contribution in [3.63, 3.8) is 0 Å². The lowest BCUT2D eigenvalue weighted by atomic mass is 9.84. The fourth-order valence-electron chi connectivity index (χ4n) is 4.22. The van der Waals surface area contributed by atoms with Crippen LogP contribution in [0.1, 0.15) is 44.0 Å². The van der Waals surface area contributed by atoms with Gasteiger partial charge < -0.3 is 5.73 Å². The van der Waals surface area contributed by atoms with Crippen molar-refractivity contribution in [3.05, 3.63) is 58.4 Å². The normalized spacial score (nSPS) is 27.6. The second-order valence-electron chi connectivity index (χ2n) is 8.33. The van der Waals surface area contributed by atoms with Crippen molar-refractivity contribution in [2.75, 3.05) is 0 Å². The first-order valence-electron chi connectivity index (χ1n) is 9.80. The minimum absolute atomic E-state index is 0.0795. The van der Waals surface area contributed by atoms with Crippen molar-refractivity contribution >= 4 is 46.2 Å².